The van der Waals surface area contributed by atoms with Crippen molar-refractivity contribution < 1.29 is 4.79 Å². The Kier molecular flexibility index (Phi) is 3.27. The van der Waals surface area contributed by atoms with Gasteiger partial charge in [0.05, 0.1) is 0 Å². The Balaban J connectivity index is 0.00000132. The van der Waals surface area contributed by atoms with E-state index in [0.29, 0.717) is 17.3 Å². The minimum atomic E-state index is 0. The van der Waals surface area contributed by atoms with E-state index in [1.807, 2.05) is 6.07 Å². The molecule has 1 aromatic rings. The van der Waals surface area contributed by atoms with Crippen molar-refractivity contribution in [2.24, 2.45) is 11.1 Å². The van der Waals surface area contributed by atoms with Crippen LogP contribution >= 0.6 is 12.4 Å². The van der Waals surface area contributed by atoms with Crippen molar-refractivity contribution in [1.82, 2.24) is 0 Å². The molecule has 4 aliphatic rings. The topological polar surface area (TPSA) is 43.1 Å². The number of Topliss-reactive ketones (excluding diaryl/α,β-unsaturated/α-hetero) is 1. The zero-order valence-corrected chi connectivity index (χ0v) is 13.6. The summed E-state index contributed by atoms with van der Waals surface area (Å²) in [5.41, 5.74) is 10.9. The van der Waals surface area contributed by atoms with Gasteiger partial charge in [-0.3, -0.25) is 4.79 Å². The highest BCUT2D eigenvalue weighted by Gasteiger charge is 2.53. The van der Waals surface area contributed by atoms with Crippen molar-refractivity contribution >= 4 is 18.2 Å². The molecule has 0 spiro atoms. The smallest absolute Gasteiger partial charge is 0.159 e. The number of halogens is 1. The molecule has 0 aliphatic heterocycles. The van der Waals surface area contributed by atoms with Gasteiger partial charge in [-0.05, 0) is 73.5 Å². The van der Waals surface area contributed by atoms with Gasteiger partial charge >= 0.3 is 0 Å². The highest BCUT2D eigenvalue weighted by Crippen LogP contribution is 2.62. The summed E-state index contributed by atoms with van der Waals surface area (Å²) in [6, 6.07) is 6.39. The predicted molar refractivity (Wildman–Crippen MR) is 87.3 cm³/mol. The highest BCUT2D eigenvalue weighted by atomic mass is 35.5. The third-order valence-corrected chi connectivity index (χ3v) is 5.94. The Labute approximate surface area is 132 Å². The molecule has 0 saturated heterocycles. The standard InChI is InChI=1S/C18H23NO.ClH/c1-11(20)12-3-4-15-13-6-17(2)7-14(16(15)5-12)9-18(19,8-13)10-17;/h3-5,13-14H,6-10,19H2,1-2H3;1H. The fourth-order valence-corrected chi connectivity index (χ4v) is 5.58. The van der Waals surface area contributed by atoms with Gasteiger partial charge in [0.2, 0.25) is 0 Å². The van der Waals surface area contributed by atoms with E-state index in [-0.39, 0.29) is 23.7 Å². The average molecular weight is 306 g/mol. The summed E-state index contributed by atoms with van der Waals surface area (Å²) in [7, 11) is 0. The van der Waals surface area contributed by atoms with Crippen LogP contribution in [0.4, 0.5) is 0 Å². The maximum absolute atomic E-state index is 11.7. The molecule has 0 aromatic heterocycles. The molecule has 4 bridgehead atoms. The molecule has 5 rings (SSSR count). The maximum Gasteiger partial charge on any atom is 0.159 e. The largest absolute Gasteiger partial charge is 0.325 e. The highest BCUT2D eigenvalue weighted by molar-refractivity contribution is 5.94. The molecule has 21 heavy (non-hydrogen) atoms. The molecule has 3 heteroatoms. The van der Waals surface area contributed by atoms with E-state index in [9.17, 15) is 4.79 Å². The molecule has 4 aliphatic carbocycles. The number of rotatable bonds is 1. The van der Waals surface area contributed by atoms with Crippen molar-refractivity contribution in [3.63, 3.8) is 0 Å². The average Bonchev–Trinajstić information content (AvgIpc) is 2.47. The molecule has 114 valence electrons. The number of nitrogens with two attached hydrogens (primary N) is 1. The van der Waals surface area contributed by atoms with Crippen LogP contribution in [-0.2, 0) is 0 Å². The van der Waals surface area contributed by atoms with Gasteiger partial charge in [0.1, 0.15) is 0 Å². The molecular weight excluding hydrogens is 282 g/mol. The second-order valence-corrected chi connectivity index (χ2v) is 7.96. The van der Waals surface area contributed by atoms with E-state index in [4.69, 9.17) is 5.73 Å². The van der Waals surface area contributed by atoms with Crippen LogP contribution in [0.1, 0.15) is 79.3 Å². The summed E-state index contributed by atoms with van der Waals surface area (Å²) in [6.45, 7) is 4.08. The van der Waals surface area contributed by atoms with Crippen LogP contribution in [0.3, 0.4) is 0 Å². The second kappa shape index (κ2) is 4.57. The van der Waals surface area contributed by atoms with E-state index in [1.165, 1.54) is 30.4 Å². The lowest BCUT2D eigenvalue weighted by molar-refractivity contribution is 0.0544. The van der Waals surface area contributed by atoms with Crippen LogP contribution in [0.2, 0.25) is 0 Å². The van der Waals surface area contributed by atoms with Crippen molar-refractivity contribution in [3.05, 3.63) is 34.9 Å². The lowest BCUT2D eigenvalue weighted by Crippen LogP contribution is -2.52. The van der Waals surface area contributed by atoms with Crippen LogP contribution < -0.4 is 5.73 Å². The fourth-order valence-electron chi connectivity index (χ4n) is 5.58. The number of benzene rings is 1. The molecule has 2 nitrogen and oxygen atoms in total. The zero-order chi connectivity index (χ0) is 14.1. The quantitative estimate of drug-likeness (QED) is 0.791. The summed E-state index contributed by atoms with van der Waals surface area (Å²) in [5.74, 6) is 1.33. The first-order chi connectivity index (χ1) is 9.38. The van der Waals surface area contributed by atoms with Gasteiger partial charge in [0, 0.05) is 11.1 Å². The lowest BCUT2D eigenvalue weighted by atomic mass is 9.56. The molecule has 0 amide bonds. The molecule has 2 fully saturated rings. The number of carbonyl (C=O) groups is 1. The van der Waals surface area contributed by atoms with Crippen LogP contribution in [0.15, 0.2) is 18.2 Å². The lowest BCUT2D eigenvalue weighted by Gasteiger charge is -2.52. The third-order valence-electron chi connectivity index (χ3n) is 5.94. The molecular formula is C18H24ClNO. The van der Waals surface area contributed by atoms with Crippen LogP contribution in [0, 0.1) is 5.41 Å². The van der Waals surface area contributed by atoms with E-state index in [2.05, 4.69) is 19.1 Å². The zero-order valence-electron chi connectivity index (χ0n) is 12.8. The first kappa shape index (κ1) is 15.1. The van der Waals surface area contributed by atoms with Crippen molar-refractivity contribution in [1.29, 1.82) is 0 Å². The normalized spacial score (nSPS) is 39.4. The Morgan fingerprint density at radius 2 is 1.76 bits per heavy atom. The van der Waals surface area contributed by atoms with Gasteiger partial charge < -0.3 is 5.73 Å². The monoisotopic (exact) mass is 305 g/mol. The second-order valence-electron chi connectivity index (χ2n) is 7.96. The Bertz CT molecular complexity index is 593. The van der Waals surface area contributed by atoms with E-state index < -0.39 is 0 Å². The summed E-state index contributed by atoms with van der Waals surface area (Å²) in [4.78, 5) is 11.7. The Hall–Kier alpha value is -0.860. The number of carbonyl (C=O) groups excluding carboxylic acids is 1. The van der Waals surface area contributed by atoms with Crippen molar-refractivity contribution in [3.8, 4) is 0 Å². The Morgan fingerprint density at radius 1 is 1.14 bits per heavy atom. The first-order valence-electron chi connectivity index (χ1n) is 7.81. The number of hydrogen-bond acceptors (Lipinski definition) is 2. The minimum absolute atomic E-state index is 0. The van der Waals surface area contributed by atoms with Gasteiger partial charge in [-0.15, -0.1) is 12.4 Å². The van der Waals surface area contributed by atoms with Gasteiger partial charge in [0.25, 0.3) is 0 Å². The van der Waals surface area contributed by atoms with E-state index in [1.54, 1.807) is 6.92 Å². The SMILES string of the molecule is CC(=O)c1ccc2c(c1)C1CC3(C)CC2CC(N)(C1)C3.Cl. The molecule has 0 radical (unpaired) electrons. The van der Waals surface area contributed by atoms with Crippen LogP contribution in [0.5, 0.6) is 0 Å². The van der Waals surface area contributed by atoms with Crippen LogP contribution in [0.25, 0.3) is 0 Å². The molecule has 4 atom stereocenters. The summed E-state index contributed by atoms with van der Waals surface area (Å²) in [6.07, 6.45) is 5.94. The summed E-state index contributed by atoms with van der Waals surface area (Å²) < 4.78 is 0. The van der Waals surface area contributed by atoms with Crippen LogP contribution in [-0.4, -0.2) is 11.3 Å². The summed E-state index contributed by atoms with van der Waals surface area (Å²) >= 11 is 0. The first-order valence-corrected chi connectivity index (χ1v) is 7.81. The maximum atomic E-state index is 11.7. The number of ketones is 1. The van der Waals surface area contributed by atoms with Crippen molar-refractivity contribution in [2.45, 2.75) is 63.3 Å². The number of hydrogen-bond donors (Lipinski definition) is 1. The van der Waals surface area contributed by atoms with Gasteiger partial charge in [0.15, 0.2) is 5.78 Å². The van der Waals surface area contributed by atoms with Gasteiger partial charge in [-0.2, -0.15) is 0 Å². The molecule has 1 aromatic carbocycles. The molecule has 2 saturated carbocycles. The predicted octanol–water partition coefficient (Wildman–Crippen LogP) is 4.17. The van der Waals surface area contributed by atoms with E-state index in [0.717, 1.165) is 18.4 Å². The third kappa shape index (κ3) is 2.24. The fraction of sp³-hybridized carbons (Fsp3) is 0.611. The van der Waals surface area contributed by atoms with E-state index >= 15 is 0 Å². The molecule has 2 N–H and O–H groups in total. The minimum Gasteiger partial charge on any atom is -0.325 e. The van der Waals surface area contributed by atoms with Crippen molar-refractivity contribution in [2.75, 3.05) is 0 Å². The molecule has 0 heterocycles. The molecule has 4 unspecified atom stereocenters. The van der Waals surface area contributed by atoms with Gasteiger partial charge in [-0.25, -0.2) is 0 Å². The summed E-state index contributed by atoms with van der Waals surface area (Å²) in [5, 5.41) is 0. The van der Waals surface area contributed by atoms with Gasteiger partial charge in [-0.1, -0.05) is 19.1 Å². The Morgan fingerprint density at radius 3 is 2.33 bits per heavy atom.